The third-order valence-corrected chi connectivity index (χ3v) is 12.2. The lowest BCUT2D eigenvalue weighted by molar-refractivity contribution is -0.168. The van der Waals surface area contributed by atoms with Crippen molar-refractivity contribution < 1.29 is 19.5 Å². The van der Waals surface area contributed by atoms with Crippen LogP contribution in [-0.2, 0) is 14.4 Å². The standard InChI is InChI=1S/C33H44O4/c1-20(34)8-11-27(36)30(4)13-12-29(3)14-16-32(6)25-10-9-22-21(2)28(37)24(35)18-23(22)31(25,5)15-17-33(32,7)26(29)19-30/h9-10,18,26,37H,8,11-17,19H2,1-7H3/t26-,29-,30-,31+,32-,33+/m1/s1. The number of Topliss-reactive ketones (excluding diaryl/α,β-unsaturated/α-hetero) is 2. The van der Waals surface area contributed by atoms with Crippen molar-refractivity contribution in [3.8, 4) is 0 Å². The van der Waals surface area contributed by atoms with Gasteiger partial charge >= 0.3 is 0 Å². The molecule has 0 spiro atoms. The van der Waals surface area contributed by atoms with Crippen molar-refractivity contribution in [3.63, 3.8) is 0 Å². The van der Waals surface area contributed by atoms with Crippen LogP contribution in [0.2, 0.25) is 0 Å². The van der Waals surface area contributed by atoms with Crippen LogP contribution >= 0.6 is 0 Å². The molecule has 3 saturated carbocycles. The zero-order chi connectivity index (χ0) is 27.2. The summed E-state index contributed by atoms with van der Waals surface area (Å²) in [4.78, 5) is 37.7. The van der Waals surface area contributed by atoms with Gasteiger partial charge in [0.15, 0.2) is 5.76 Å². The molecule has 0 aliphatic heterocycles. The molecule has 0 bridgehead atoms. The van der Waals surface area contributed by atoms with Gasteiger partial charge in [-0.1, -0.05) is 52.3 Å². The number of fused-ring (bicyclic) bond motifs is 7. The molecular formula is C33H44O4. The average molecular weight is 505 g/mol. The van der Waals surface area contributed by atoms with Crippen LogP contribution in [0.25, 0.3) is 0 Å². The Bertz CT molecular complexity index is 1230. The van der Waals surface area contributed by atoms with Gasteiger partial charge in [-0.2, -0.15) is 0 Å². The summed E-state index contributed by atoms with van der Waals surface area (Å²) in [6.07, 6.45) is 14.0. The van der Waals surface area contributed by atoms with Gasteiger partial charge in [0.2, 0.25) is 5.78 Å². The number of carbonyl (C=O) groups is 3. The number of rotatable bonds is 4. The SMILES string of the molecule is CC(=O)CCC(=O)[C@]1(C)CC[C@]2(C)CC[C@]3(C)C4=CC=C5C(=CC(=O)C(O)=C5C)[C@]4(C)CC[C@@]3(C)[C@@H]2C1. The lowest BCUT2D eigenvalue weighted by Gasteiger charge is -2.70. The van der Waals surface area contributed by atoms with E-state index < -0.39 is 0 Å². The normalized spacial score (nSPS) is 42.9. The lowest BCUT2D eigenvalue weighted by atomic mass is 9.34. The molecule has 0 aromatic carbocycles. The van der Waals surface area contributed by atoms with Crippen LogP contribution in [0.5, 0.6) is 0 Å². The summed E-state index contributed by atoms with van der Waals surface area (Å²) in [5.74, 6) is 0.355. The van der Waals surface area contributed by atoms with Crippen LogP contribution in [0.3, 0.4) is 0 Å². The highest BCUT2D eigenvalue weighted by Gasteiger charge is 2.67. The van der Waals surface area contributed by atoms with E-state index in [0.29, 0.717) is 24.3 Å². The largest absolute Gasteiger partial charge is 0.504 e. The molecule has 0 unspecified atom stereocenters. The highest BCUT2D eigenvalue weighted by molar-refractivity contribution is 6.06. The molecule has 0 saturated heterocycles. The zero-order valence-electron chi connectivity index (χ0n) is 23.8. The summed E-state index contributed by atoms with van der Waals surface area (Å²) < 4.78 is 0. The van der Waals surface area contributed by atoms with Crippen LogP contribution < -0.4 is 0 Å². The quantitative estimate of drug-likeness (QED) is 0.429. The first-order chi connectivity index (χ1) is 17.1. The van der Waals surface area contributed by atoms with Gasteiger partial charge < -0.3 is 9.90 Å². The number of aliphatic hydroxyl groups is 1. The molecule has 0 aromatic rings. The van der Waals surface area contributed by atoms with Crippen molar-refractivity contribution in [2.75, 3.05) is 0 Å². The van der Waals surface area contributed by atoms with Gasteiger partial charge in [0.05, 0.1) is 0 Å². The second-order valence-corrected chi connectivity index (χ2v) is 14.2. The summed E-state index contributed by atoms with van der Waals surface area (Å²) in [6, 6.07) is 0. The third kappa shape index (κ3) is 3.49. The van der Waals surface area contributed by atoms with Gasteiger partial charge in [0, 0.05) is 29.2 Å². The van der Waals surface area contributed by atoms with E-state index >= 15 is 0 Å². The molecule has 3 fully saturated rings. The maximum Gasteiger partial charge on any atom is 0.220 e. The van der Waals surface area contributed by atoms with Gasteiger partial charge in [-0.25, -0.2) is 0 Å². The number of carbonyl (C=O) groups excluding carboxylic acids is 3. The minimum Gasteiger partial charge on any atom is -0.504 e. The van der Waals surface area contributed by atoms with Crippen molar-refractivity contribution in [1.29, 1.82) is 0 Å². The molecule has 5 rings (SSSR count). The maximum atomic E-state index is 13.4. The summed E-state index contributed by atoms with van der Waals surface area (Å²) in [5, 5.41) is 10.3. The summed E-state index contributed by atoms with van der Waals surface area (Å²) in [7, 11) is 0. The number of ketones is 3. The number of aliphatic hydroxyl groups excluding tert-OH is 1. The Labute approximate surface area is 222 Å². The molecule has 200 valence electrons. The fourth-order valence-electron chi connectivity index (χ4n) is 9.30. The van der Waals surface area contributed by atoms with Crippen molar-refractivity contribution in [2.24, 2.45) is 33.0 Å². The van der Waals surface area contributed by atoms with Crippen molar-refractivity contribution in [1.82, 2.24) is 0 Å². The predicted molar refractivity (Wildman–Crippen MR) is 146 cm³/mol. The molecule has 1 N–H and O–H groups in total. The molecular weight excluding hydrogens is 460 g/mol. The van der Waals surface area contributed by atoms with Crippen LogP contribution in [0.15, 0.2) is 46.3 Å². The van der Waals surface area contributed by atoms with Crippen LogP contribution in [0.4, 0.5) is 0 Å². The highest BCUT2D eigenvalue weighted by atomic mass is 16.3. The first-order valence-corrected chi connectivity index (χ1v) is 14.2. The van der Waals surface area contributed by atoms with E-state index in [1.54, 1.807) is 13.0 Å². The Hall–Kier alpha value is -2.23. The Balaban J connectivity index is 1.56. The van der Waals surface area contributed by atoms with Crippen LogP contribution in [-0.4, -0.2) is 22.5 Å². The fraction of sp³-hybridized carbons (Fsp3) is 0.667. The highest BCUT2D eigenvalue weighted by Crippen LogP contribution is 2.75. The summed E-state index contributed by atoms with van der Waals surface area (Å²) in [6.45, 7) is 15.3. The predicted octanol–water partition coefficient (Wildman–Crippen LogP) is 7.55. The monoisotopic (exact) mass is 504 g/mol. The summed E-state index contributed by atoms with van der Waals surface area (Å²) >= 11 is 0. The first kappa shape index (κ1) is 26.4. The van der Waals surface area contributed by atoms with Gasteiger partial charge in [-0.05, 0) is 98.2 Å². The van der Waals surface area contributed by atoms with E-state index in [4.69, 9.17) is 0 Å². The molecule has 6 atom stereocenters. The molecule has 37 heavy (non-hydrogen) atoms. The molecule has 5 aliphatic carbocycles. The minimum atomic E-state index is -0.368. The third-order valence-electron chi connectivity index (χ3n) is 12.2. The minimum absolute atomic E-state index is 0.0332. The molecule has 0 radical (unpaired) electrons. The molecule has 0 heterocycles. The number of hydrogen-bond donors (Lipinski definition) is 1. The van der Waals surface area contributed by atoms with E-state index in [9.17, 15) is 19.5 Å². The number of allylic oxidation sites excluding steroid dienone is 7. The molecule has 0 aromatic heterocycles. The molecule has 5 aliphatic rings. The van der Waals surface area contributed by atoms with Crippen molar-refractivity contribution in [3.05, 3.63) is 46.3 Å². The van der Waals surface area contributed by atoms with Crippen molar-refractivity contribution >= 4 is 17.3 Å². The topological polar surface area (TPSA) is 71.4 Å². The Morgan fingerprint density at radius 2 is 1.62 bits per heavy atom. The van der Waals surface area contributed by atoms with Gasteiger partial charge in [0.25, 0.3) is 0 Å². The molecule has 4 heteroatoms. The van der Waals surface area contributed by atoms with Crippen molar-refractivity contribution in [2.45, 2.75) is 106 Å². The van der Waals surface area contributed by atoms with Crippen LogP contribution in [0, 0.1) is 33.0 Å². The van der Waals surface area contributed by atoms with Gasteiger partial charge in [-0.3, -0.25) is 9.59 Å². The Kier molecular flexibility index (Phi) is 5.80. The second-order valence-electron chi connectivity index (χ2n) is 14.2. The van der Waals surface area contributed by atoms with Gasteiger partial charge in [-0.15, -0.1) is 0 Å². The fourth-order valence-corrected chi connectivity index (χ4v) is 9.30. The smallest absolute Gasteiger partial charge is 0.220 e. The average Bonchev–Trinajstić information content (AvgIpc) is 2.84. The zero-order valence-corrected chi connectivity index (χ0v) is 23.8. The lowest BCUT2D eigenvalue weighted by Crippen LogP contribution is -2.62. The molecule has 0 amide bonds. The maximum absolute atomic E-state index is 13.4. The van der Waals surface area contributed by atoms with E-state index in [-0.39, 0.29) is 50.2 Å². The first-order valence-electron chi connectivity index (χ1n) is 14.2. The Morgan fingerprint density at radius 3 is 2.30 bits per heavy atom. The number of hydrogen-bond acceptors (Lipinski definition) is 4. The van der Waals surface area contributed by atoms with E-state index in [1.165, 1.54) is 5.57 Å². The molecule has 4 nitrogen and oxygen atoms in total. The van der Waals surface area contributed by atoms with E-state index in [2.05, 4.69) is 46.8 Å². The Morgan fingerprint density at radius 1 is 0.946 bits per heavy atom. The van der Waals surface area contributed by atoms with Gasteiger partial charge in [0.1, 0.15) is 11.6 Å². The van der Waals surface area contributed by atoms with Crippen LogP contribution in [0.1, 0.15) is 106 Å². The van der Waals surface area contributed by atoms with E-state index in [1.807, 2.05) is 6.92 Å². The summed E-state index contributed by atoms with van der Waals surface area (Å²) in [5.41, 5.74) is 3.76. The second kappa shape index (κ2) is 8.13. The van der Waals surface area contributed by atoms with E-state index in [0.717, 1.165) is 56.1 Å².